The Balaban J connectivity index is 1.78. The van der Waals surface area contributed by atoms with Gasteiger partial charge in [-0.1, -0.05) is 22.8 Å². The number of oxime groups is 1. The lowest BCUT2D eigenvalue weighted by atomic mass is 9.95. The maximum atomic E-state index is 13.5. The molecule has 1 aromatic heterocycles. The molecule has 3 heterocycles. The third-order valence-electron chi connectivity index (χ3n) is 6.23. The summed E-state index contributed by atoms with van der Waals surface area (Å²) in [6.45, 7) is 6.57. The Kier molecular flexibility index (Phi) is 8.05. The number of hydrogen-bond acceptors (Lipinski definition) is 7. The van der Waals surface area contributed by atoms with Gasteiger partial charge in [0.2, 0.25) is 0 Å². The van der Waals surface area contributed by atoms with Gasteiger partial charge in [0.15, 0.2) is 0 Å². The van der Waals surface area contributed by atoms with Gasteiger partial charge < -0.3 is 19.0 Å². The number of esters is 1. The van der Waals surface area contributed by atoms with Crippen molar-refractivity contribution in [1.29, 1.82) is 0 Å². The molecule has 2 aliphatic heterocycles. The van der Waals surface area contributed by atoms with Gasteiger partial charge in [-0.25, -0.2) is 4.79 Å². The molecule has 0 amide bonds. The third-order valence-corrected chi connectivity index (χ3v) is 6.46. The molecule has 2 atom stereocenters. The second kappa shape index (κ2) is 11.0. The highest BCUT2D eigenvalue weighted by molar-refractivity contribution is 6.31. The van der Waals surface area contributed by atoms with E-state index in [1.54, 1.807) is 18.3 Å². The molecule has 2 aromatic rings. The minimum Gasteiger partial charge on any atom is -0.495 e. The first-order chi connectivity index (χ1) is 17.2. The van der Waals surface area contributed by atoms with Crippen LogP contribution in [0.2, 0.25) is 5.02 Å². The van der Waals surface area contributed by atoms with Crippen molar-refractivity contribution < 1.29 is 23.8 Å². The largest absolute Gasteiger partial charge is 0.495 e. The quantitative estimate of drug-likeness (QED) is 0.473. The topological polar surface area (TPSA) is 88.3 Å². The summed E-state index contributed by atoms with van der Waals surface area (Å²) in [5.41, 5.74) is 1.80. The molecule has 0 radical (unpaired) electrons. The number of pyridine rings is 1. The van der Waals surface area contributed by atoms with E-state index >= 15 is 0 Å². The lowest BCUT2D eigenvalue weighted by molar-refractivity contribution is -0.160. The van der Waals surface area contributed by atoms with E-state index in [0.29, 0.717) is 48.0 Å². The van der Waals surface area contributed by atoms with Crippen LogP contribution in [0.3, 0.4) is 0 Å². The van der Waals surface area contributed by atoms with Crippen LogP contribution in [0.4, 0.5) is 0 Å². The summed E-state index contributed by atoms with van der Waals surface area (Å²) in [5.74, 6) is -0.0507. The van der Waals surface area contributed by atoms with Crippen LogP contribution in [-0.4, -0.2) is 48.3 Å². The molecule has 0 aliphatic carbocycles. The number of nitrogens with zero attached hydrogens (tertiary/aromatic N) is 2. The summed E-state index contributed by atoms with van der Waals surface area (Å²) in [4.78, 5) is 32.0. The minimum atomic E-state index is -0.853. The highest BCUT2D eigenvalue weighted by Gasteiger charge is 2.32. The number of carbonyl (C=O) groups excluding carboxylic acids is 1. The van der Waals surface area contributed by atoms with E-state index in [1.165, 1.54) is 17.7 Å². The highest BCUT2D eigenvalue weighted by atomic mass is 35.5. The molecule has 194 valence electrons. The molecule has 0 bridgehead atoms. The Hall–Kier alpha value is -2.84. The van der Waals surface area contributed by atoms with Crippen LogP contribution in [0, 0.1) is 0 Å². The van der Waals surface area contributed by atoms with Gasteiger partial charge in [0.05, 0.1) is 25.1 Å². The molecular formula is C27H33ClN2O6. The van der Waals surface area contributed by atoms with Crippen molar-refractivity contribution in [2.24, 2.45) is 5.16 Å². The van der Waals surface area contributed by atoms with E-state index in [4.69, 9.17) is 30.6 Å². The average molecular weight is 517 g/mol. The highest BCUT2D eigenvalue weighted by Crippen LogP contribution is 2.35. The number of benzene rings is 1. The lowest BCUT2D eigenvalue weighted by Gasteiger charge is -2.30. The zero-order valence-corrected chi connectivity index (χ0v) is 22.0. The van der Waals surface area contributed by atoms with Crippen molar-refractivity contribution in [3.05, 3.63) is 51.4 Å². The maximum Gasteiger partial charge on any atom is 0.329 e. The zero-order chi connectivity index (χ0) is 25.9. The first-order valence-corrected chi connectivity index (χ1v) is 12.7. The fourth-order valence-corrected chi connectivity index (χ4v) is 4.74. The third kappa shape index (κ3) is 6.10. The van der Waals surface area contributed by atoms with Crippen LogP contribution in [-0.2, 0) is 19.1 Å². The van der Waals surface area contributed by atoms with Gasteiger partial charge in [0.25, 0.3) is 5.56 Å². The molecule has 9 heteroatoms. The fraction of sp³-hybridized carbons (Fsp3) is 0.519. The van der Waals surface area contributed by atoms with Crippen LogP contribution in [0.15, 0.2) is 40.4 Å². The average Bonchev–Trinajstić information content (AvgIpc) is 3.37. The van der Waals surface area contributed by atoms with Crippen molar-refractivity contribution >= 4 is 23.3 Å². The molecule has 1 unspecified atom stereocenters. The summed E-state index contributed by atoms with van der Waals surface area (Å²) in [5, 5.41) is 4.66. The second-order valence-corrected chi connectivity index (χ2v) is 10.5. The predicted molar refractivity (Wildman–Crippen MR) is 138 cm³/mol. The van der Waals surface area contributed by atoms with Crippen LogP contribution < -0.4 is 10.3 Å². The van der Waals surface area contributed by atoms with Crippen LogP contribution >= 0.6 is 11.6 Å². The first-order valence-electron chi connectivity index (χ1n) is 12.3. The predicted octanol–water partition coefficient (Wildman–Crippen LogP) is 5.14. The van der Waals surface area contributed by atoms with Crippen LogP contribution in [0.25, 0.3) is 11.1 Å². The van der Waals surface area contributed by atoms with E-state index in [9.17, 15) is 9.59 Å². The Labute approximate surface area is 216 Å². The molecule has 1 fully saturated rings. The number of rotatable bonds is 7. The standard InChI is InChI=1S/C27H33ClN2O6/c1-27(2,3)36-26(32)23(14-18-7-5-6-11-34-18)30-16-24(33-4)21(15-25(30)31)20-13-17(28)8-9-19(20)22-10-12-35-29-22/h8-9,13,15-16,18,23H,5-7,10-12,14H2,1-4H3/t18-,23?/m0/s1. The van der Waals surface area contributed by atoms with Gasteiger partial charge in [-0.2, -0.15) is 0 Å². The molecule has 1 saturated heterocycles. The molecule has 0 saturated carbocycles. The molecule has 8 nitrogen and oxygen atoms in total. The van der Waals surface area contributed by atoms with E-state index in [1.807, 2.05) is 26.8 Å². The van der Waals surface area contributed by atoms with Crippen molar-refractivity contribution in [1.82, 2.24) is 4.57 Å². The van der Waals surface area contributed by atoms with Crippen molar-refractivity contribution in [2.45, 2.75) is 70.6 Å². The molecule has 4 rings (SSSR count). The van der Waals surface area contributed by atoms with Crippen LogP contribution in [0.5, 0.6) is 5.75 Å². The fourth-order valence-electron chi connectivity index (χ4n) is 4.57. The molecular weight excluding hydrogens is 484 g/mol. The summed E-state index contributed by atoms with van der Waals surface area (Å²) in [6.07, 6.45) is 5.28. The smallest absolute Gasteiger partial charge is 0.329 e. The van der Waals surface area contributed by atoms with Gasteiger partial charge in [0.1, 0.15) is 24.0 Å². The number of hydrogen-bond donors (Lipinski definition) is 0. The van der Waals surface area contributed by atoms with Gasteiger partial charge in [-0.15, -0.1) is 0 Å². The number of carbonyl (C=O) groups is 1. The number of methoxy groups -OCH3 is 1. The Morgan fingerprint density at radius 2 is 2.00 bits per heavy atom. The van der Waals surface area contributed by atoms with Gasteiger partial charge in [0, 0.05) is 41.7 Å². The normalized spacial score (nSPS) is 18.8. The maximum absolute atomic E-state index is 13.5. The number of ether oxygens (including phenoxy) is 3. The van der Waals surface area contributed by atoms with Crippen molar-refractivity contribution in [3.63, 3.8) is 0 Å². The number of halogens is 1. The summed E-state index contributed by atoms with van der Waals surface area (Å²) in [7, 11) is 1.53. The Bertz CT molecular complexity index is 1190. The molecule has 0 N–H and O–H groups in total. The summed E-state index contributed by atoms with van der Waals surface area (Å²) < 4.78 is 18.7. The SMILES string of the molecule is COc1cn(C(C[C@@H]2CCCCO2)C(=O)OC(C)(C)C)c(=O)cc1-c1cc(Cl)ccc1C1=NOCC1. The van der Waals surface area contributed by atoms with Gasteiger partial charge in [-0.05, 0) is 57.7 Å². The molecule has 0 spiro atoms. The van der Waals surface area contributed by atoms with Gasteiger partial charge >= 0.3 is 5.97 Å². The first kappa shape index (κ1) is 26.2. The summed E-state index contributed by atoms with van der Waals surface area (Å²) in [6, 6.07) is 6.04. The van der Waals surface area contributed by atoms with Gasteiger partial charge in [-0.3, -0.25) is 9.36 Å². The lowest BCUT2D eigenvalue weighted by Crippen LogP contribution is -2.37. The molecule has 2 aliphatic rings. The van der Waals surface area contributed by atoms with E-state index in [-0.39, 0.29) is 11.7 Å². The summed E-state index contributed by atoms with van der Waals surface area (Å²) >= 11 is 6.33. The second-order valence-electron chi connectivity index (χ2n) is 10.1. The minimum absolute atomic E-state index is 0.131. The van der Waals surface area contributed by atoms with E-state index in [2.05, 4.69) is 5.16 Å². The molecule has 36 heavy (non-hydrogen) atoms. The van der Waals surface area contributed by atoms with Crippen molar-refractivity contribution in [3.8, 4) is 16.9 Å². The van der Waals surface area contributed by atoms with E-state index < -0.39 is 17.6 Å². The Morgan fingerprint density at radius 1 is 1.19 bits per heavy atom. The molecule has 1 aromatic carbocycles. The zero-order valence-electron chi connectivity index (χ0n) is 21.2. The van der Waals surface area contributed by atoms with Crippen LogP contribution in [0.1, 0.15) is 64.5 Å². The monoisotopic (exact) mass is 516 g/mol. The Morgan fingerprint density at radius 3 is 2.64 bits per heavy atom. The van der Waals surface area contributed by atoms with E-state index in [0.717, 1.165) is 30.5 Å². The number of aromatic nitrogens is 1. The van der Waals surface area contributed by atoms with Crippen molar-refractivity contribution in [2.75, 3.05) is 20.3 Å².